The van der Waals surface area contributed by atoms with Crippen LogP contribution in [0.15, 0.2) is 40.7 Å². The molecule has 1 aromatic carbocycles. The fourth-order valence-corrected chi connectivity index (χ4v) is 2.80. The number of amides is 1. The van der Waals surface area contributed by atoms with Gasteiger partial charge in [0, 0.05) is 25.2 Å². The second-order valence-corrected chi connectivity index (χ2v) is 6.39. The molecule has 2 aromatic rings. The Morgan fingerprint density at radius 3 is 2.69 bits per heavy atom. The number of aliphatic imine (C=N–C) groups is 1. The molecule has 1 aromatic heterocycles. The number of hydrogen-bond donors (Lipinski definition) is 3. The maximum absolute atomic E-state index is 13.6. The first-order valence-corrected chi connectivity index (χ1v) is 9.26. The second kappa shape index (κ2) is 10.5. The molecule has 0 aliphatic carbocycles. The summed E-state index contributed by atoms with van der Waals surface area (Å²) in [5, 5.41) is 10.9. The van der Waals surface area contributed by atoms with E-state index >= 15 is 0 Å². The van der Waals surface area contributed by atoms with E-state index in [2.05, 4.69) is 20.9 Å². The Hall–Kier alpha value is -2.48. The predicted octanol–water partition coefficient (Wildman–Crippen LogP) is 2.90. The van der Waals surface area contributed by atoms with Gasteiger partial charge in [0.15, 0.2) is 5.96 Å². The summed E-state index contributed by atoms with van der Waals surface area (Å²) < 4.78 is 26.8. The minimum absolute atomic E-state index is 0.0358. The summed E-state index contributed by atoms with van der Waals surface area (Å²) in [7, 11) is 0. The van der Waals surface area contributed by atoms with Gasteiger partial charge >= 0.3 is 0 Å². The quantitative estimate of drug-likeness (QED) is 0.375. The number of guanidine groups is 1. The second-order valence-electron chi connectivity index (χ2n) is 5.44. The molecule has 8 heteroatoms. The predicted molar refractivity (Wildman–Crippen MR) is 100 cm³/mol. The Morgan fingerprint density at radius 2 is 1.96 bits per heavy atom. The van der Waals surface area contributed by atoms with Crippen molar-refractivity contribution < 1.29 is 13.6 Å². The van der Waals surface area contributed by atoms with Gasteiger partial charge in [-0.15, -0.1) is 11.3 Å². The average molecular weight is 380 g/mol. The summed E-state index contributed by atoms with van der Waals surface area (Å²) >= 11 is 1.40. The van der Waals surface area contributed by atoms with Crippen LogP contribution in [0.1, 0.15) is 28.6 Å². The first-order chi connectivity index (χ1) is 12.6. The van der Waals surface area contributed by atoms with Crippen molar-refractivity contribution in [3.05, 3.63) is 57.8 Å². The van der Waals surface area contributed by atoms with E-state index in [4.69, 9.17) is 0 Å². The summed E-state index contributed by atoms with van der Waals surface area (Å²) in [5.41, 5.74) is 0.199. The molecule has 3 N–H and O–H groups in total. The molecule has 0 fully saturated rings. The molecule has 0 atom stereocenters. The highest BCUT2D eigenvalue weighted by Crippen LogP contribution is 2.10. The third-order valence-corrected chi connectivity index (χ3v) is 4.30. The zero-order valence-corrected chi connectivity index (χ0v) is 15.3. The lowest BCUT2D eigenvalue weighted by Gasteiger charge is -2.11. The van der Waals surface area contributed by atoms with Crippen molar-refractivity contribution in [1.82, 2.24) is 16.0 Å². The Balaban J connectivity index is 1.76. The number of nitrogens with zero attached hydrogens (tertiary/aromatic N) is 1. The van der Waals surface area contributed by atoms with Crippen molar-refractivity contribution >= 4 is 23.2 Å². The highest BCUT2D eigenvalue weighted by atomic mass is 32.1. The van der Waals surface area contributed by atoms with Crippen molar-refractivity contribution in [1.29, 1.82) is 0 Å². The number of benzene rings is 1. The summed E-state index contributed by atoms with van der Waals surface area (Å²) in [6.07, 6.45) is 0.704. The number of thiophene rings is 1. The molecular formula is C18H22F2N4OS. The number of hydrogen-bond acceptors (Lipinski definition) is 3. The Labute approximate surface area is 155 Å². The summed E-state index contributed by atoms with van der Waals surface area (Å²) in [4.78, 5) is 16.7. The molecule has 1 amide bonds. The number of nitrogens with one attached hydrogen (secondary N) is 3. The van der Waals surface area contributed by atoms with E-state index < -0.39 is 11.6 Å². The number of carbonyl (C=O) groups is 1. The van der Waals surface area contributed by atoms with Crippen molar-refractivity contribution in [2.24, 2.45) is 4.99 Å². The molecule has 0 saturated heterocycles. The van der Waals surface area contributed by atoms with E-state index in [1.165, 1.54) is 11.3 Å². The van der Waals surface area contributed by atoms with Crippen molar-refractivity contribution in [3.63, 3.8) is 0 Å². The minimum Gasteiger partial charge on any atom is -0.357 e. The zero-order valence-electron chi connectivity index (χ0n) is 14.5. The van der Waals surface area contributed by atoms with Crippen LogP contribution in [0.5, 0.6) is 0 Å². The smallest absolute Gasteiger partial charge is 0.261 e. The van der Waals surface area contributed by atoms with Crippen LogP contribution in [-0.2, 0) is 6.54 Å². The molecule has 0 saturated carbocycles. The van der Waals surface area contributed by atoms with Crippen LogP contribution in [0, 0.1) is 11.6 Å². The standard InChI is InChI=1S/C18H22F2N4OS/c1-2-21-18(24-12-13-11-14(19)6-7-15(13)20)23-9-4-8-22-17(25)16-5-3-10-26-16/h3,5-7,10-11H,2,4,8-9,12H2,1H3,(H,22,25)(H2,21,23,24). The van der Waals surface area contributed by atoms with Gasteiger partial charge in [0.25, 0.3) is 5.91 Å². The molecule has 2 rings (SSSR count). The lowest BCUT2D eigenvalue weighted by Crippen LogP contribution is -2.38. The minimum atomic E-state index is -0.490. The van der Waals surface area contributed by atoms with Crippen LogP contribution >= 0.6 is 11.3 Å². The van der Waals surface area contributed by atoms with Crippen molar-refractivity contribution in [2.45, 2.75) is 19.9 Å². The molecule has 0 spiro atoms. The van der Waals surface area contributed by atoms with Gasteiger partial charge in [-0.2, -0.15) is 0 Å². The molecule has 140 valence electrons. The number of rotatable bonds is 8. The van der Waals surface area contributed by atoms with Crippen LogP contribution in [-0.4, -0.2) is 31.5 Å². The van der Waals surface area contributed by atoms with Gasteiger partial charge in [0.05, 0.1) is 11.4 Å². The van der Waals surface area contributed by atoms with E-state index in [0.717, 1.165) is 18.2 Å². The fourth-order valence-electron chi connectivity index (χ4n) is 2.16. The van der Waals surface area contributed by atoms with Gasteiger partial charge < -0.3 is 16.0 Å². The van der Waals surface area contributed by atoms with Crippen LogP contribution in [0.3, 0.4) is 0 Å². The normalized spacial score (nSPS) is 11.3. The van der Waals surface area contributed by atoms with Crippen molar-refractivity contribution in [2.75, 3.05) is 19.6 Å². The van der Waals surface area contributed by atoms with Gasteiger partial charge in [-0.05, 0) is 43.0 Å². The molecule has 0 aliphatic heterocycles. The monoisotopic (exact) mass is 380 g/mol. The molecule has 0 unspecified atom stereocenters. The molecular weight excluding hydrogens is 358 g/mol. The summed E-state index contributed by atoms with van der Waals surface area (Å²) in [6, 6.07) is 6.93. The fraction of sp³-hybridized carbons (Fsp3) is 0.333. The van der Waals surface area contributed by atoms with Gasteiger partial charge in [-0.3, -0.25) is 4.79 Å². The summed E-state index contributed by atoms with van der Waals surface area (Å²) in [6.45, 7) is 3.71. The van der Waals surface area contributed by atoms with Crippen LogP contribution in [0.4, 0.5) is 8.78 Å². The first kappa shape index (κ1) is 19.8. The molecule has 26 heavy (non-hydrogen) atoms. The SMILES string of the molecule is CCNC(=NCc1cc(F)ccc1F)NCCCNC(=O)c1cccs1. The van der Waals surface area contributed by atoms with E-state index in [9.17, 15) is 13.6 Å². The maximum atomic E-state index is 13.6. The van der Waals surface area contributed by atoms with E-state index in [0.29, 0.717) is 36.9 Å². The van der Waals surface area contributed by atoms with Gasteiger partial charge in [-0.1, -0.05) is 6.07 Å². The molecule has 0 aliphatic rings. The average Bonchev–Trinajstić information content (AvgIpc) is 3.16. The third-order valence-electron chi connectivity index (χ3n) is 3.44. The van der Waals surface area contributed by atoms with E-state index in [1.54, 1.807) is 6.07 Å². The lowest BCUT2D eigenvalue weighted by molar-refractivity contribution is 0.0957. The van der Waals surface area contributed by atoms with E-state index in [-0.39, 0.29) is 18.0 Å². The lowest BCUT2D eigenvalue weighted by atomic mass is 10.2. The largest absolute Gasteiger partial charge is 0.357 e. The molecule has 0 radical (unpaired) electrons. The topological polar surface area (TPSA) is 65.5 Å². The van der Waals surface area contributed by atoms with Gasteiger partial charge in [0.1, 0.15) is 11.6 Å². The number of carbonyl (C=O) groups excluding carboxylic acids is 1. The zero-order chi connectivity index (χ0) is 18.8. The maximum Gasteiger partial charge on any atom is 0.261 e. The van der Waals surface area contributed by atoms with Crippen LogP contribution in [0.25, 0.3) is 0 Å². The molecule has 5 nitrogen and oxygen atoms in total. The van der Waals surface area contributed by atoms with Gasteiger partial charge in [-0.25, -0.2) is 13.8 Å². The Bertz CT molecular complexity index is 735. The molecule has 1 heterocycles. The highest BCUT2D eigenvalue weighted by Gasteiger charge is 2.06. The van der Waals surface area contributed by atoms with Gasteiger partial charge in [0.2, 0.25) is 0 Å². The summed E-state index contributed by atoms with van der Waals surface area (Å²) in [5.74, 6) is -0.541. The Morgan fingerprint density at radius 1 is 1.15 bits per heavy atom. The first-order valence-electron chi connectivity index (χ1n) is 8.38. The Kier molecular flexibility index (Phi) is 8.01. The van der Waals surface area contributed by atoms with E-state index in [1.807, 2.05) is 18.4 Å². The van der Waals surface area contributed by atoms with Crippen LogP contribution < -0.4 is 16.0 Å². The highest BCUT2D eigenvalue weighted by molar-refractivity contribution is 7.12. The molecule has 0 bridgehead atoms. The number of halogens is 2. The van der Waals surface area contributed by atoms with Crippen LogP contribution in [0.2, 0.25) is 0 Å². The third kappa shape index (κ3) is 6.44. The van der Waals surface area contributed by atoms with Crippen molar-refractivity contribution in [3.8, 4) is 0 Å².